The number of hydrogen-bond donors (Lipinski definition) is 2. The van der Waals surface area contributed by atoms with Gasteiger partial charge in [0, 0.05) is 0 Å². The molecule has 0 fully saturated rings. The Morgan fingerprint density at radius 3 is 1.35 bits per heavy atom. The van der Waals surface area contributed by atoms with Crippen LogP contribution in [0, 0.1) is 13.8 Å². The molecule has 4 nitrogen and oxygen atoms in total. The second-order valence-electron chi connectivity index (χ2n) is 4.72. The lowest BCUT2D eigenvalue weighted by Crippen LogP contribution is -1.94. The fourth-order valence-electron chi connectivity index (χ4n) is 2.29. The molecule has 0 amide bonds. The van der Waals surface area contributed by atoms with E-state index < -0.39 is 0 Å². The number of rotatable bonds is 3. The molecule has 0 heterocycles. The van der Waals surface area contributed by atoms with Gasteiger partial charge in [0.2, 0.25) is 0 Å². The van der Waals surface area contributed by atoms with Crippen LogP contribution >= 0.6 is 0 Å². The number of aromatic hydroxyl groups is 2. The van der Waals surface area contributed by atoms with E-state index in [0.717, 1.165) is 11.1 Å². The molecule has 0 radical (unpaired) electrons. The summed E-state index contributed by atoms with van der Waals surface area (Å²) in [5.41, 5.74) is 2.59. The molecule has 20 heavy (non-hydrogen) atoms. The molecule has 0 saturated carbocycles. The number of methoxy groups -OCH3 is 2. The Labute approximate surface area is 118 Å². The summed E-state index contributed by atoms with van der Waals surface area (Å²) >= 11 is 0. The highest BCUT2D eigenvalue weighted by Gasteiger charge is 2.20. The lowest BCUT2D eigenvalue weighted by molar-refractivity contribution is 0.400. The molecule has 0 saturated heterocycles. The van der Waals surface area contributed by atoms with Crippen molar-refractivity contribution >= 4 is 0 Å². The highest BCUT2D eigenvalue weighted by molar-refractivity contribution is 5.85. The first-order valence-corrected chi connectivity index (χ1v) is 6.23. The van der Waals surface area contributed by atoms with Crippen LogP contribution in [0.1, 0.15) is 11.1 Å². The molecule has 2 aromatic carbocycles. The Kier molecular flexibility index (Phi) is 3.74. The van der Waals surface area contributed by atoms with E-state index in [1.54, 1.807) is 24.3 Å². The zero-order chi connectivity index (χ0) is 14.9. The van der Waals surface area contributed by atoms with Gasteiger partial charge in [0.1, 0.15) is 23.0 Å². The van der Waals surface area contributed by atoms with Gasteiger partial charge in [0.25, 0.3) is 0 Å². The monoisotopic (exact) mass is 274 g/mol. The van der Waals surface area contributed by atoms with Crippen molar-refractivity contribution in [3.63, 3.8) is 0 Å². The lowest BCUT2D eigenvalue weighted by Gasteiger charge is -2.16. The quantitative estimate of drug-likeness (QED) is 0.900. The van der Waals surface area contributed by atoms with Gasteiger partial charge < -0.3 is 19.7 Å². The van der Waals surface area contributed by atoms with Crippen LogP contribution < -0.4 is 9.47 Å². The molecule has 2 aromatic rings. The van der Waals surface area contributed by atoms with Crippen LogP contribution in [0.25, 0.3) is 11.1 Å². The summed E-state index contributed by atoms with van der Waals surface area (Å²) in [6.07, 6.45) is 0. The van der Waals surface area contributed by atoms with Crippen molar-refractivity contribution in [3.05, 3.63) is 35.4 Å². The third-order valence-corrected chi connectivity index (χ3v) is 3.14. The van der Waals surface area contributed by atoms with Crippen molar-refractivity contribution in [3.8, 4) is 34.1 Å². The molecular formula is C16H18O4. The first-order valence-electron chi connectivity index (χ1n) is 6.23. The Morgan fingerprint density at radius 1 is 0.700 bits per heavy atom. The summed E-state index contributed by atoms with van der Waals surface area (Å²) in [7, 11) is 3.05. The number of phenolic OH excluding ortho intramolecular Hbond substituents is 2. The van der Waals surface area contributed by atoms with Gasteiger partial charge >= 0.3 is 0 Å². The molecule has 0 aliphatic carbocycles. The first kappa shape index (κ1) is 14.1. The first-order chi connectivity index (χ1) is 9.47. The smallest absolute Gasteiger partial charge is 0.130 e. The van der Waals surface area contributed by atoms with E-state index >= 15 is 0 Å². The van der Waals surface area contributed by atoms with Crippen molar-refractivity contribution in [2.24, 2.45) is 0 Å². The molecular weight excluding hydrogens is 256 g/mol. The van der Waals surface area contributed by atoms with Crippen molar-refractivity contribution in [1.29, 1.82) is 0 Å². The minimum Gasteiger partial charge on any atom is -0.507 e. The van der Waals surface area contributed by atoms with Gasteiger partial charge in [-0.1, -0.05) is 0 Å². The molecule has 0 unspecified atom stereocenters. The maximum atomic E-state index is 10.2. The number of benzene rings is 2. The Bertz CT molecular complexity index is 590. The molecule has 0 atom stereocenters. The average molecular weight is 274 g/mol. The van der Waals surface area contributed by atoms with Gasteiger partial charge in [-0.05, 0) is 49.2 Å². The van der Waals surface area contributed by atoms with Gasteiger partial charge in [-0.2, -0.15) is 0 Å². The van der Waals surface area contributed by atoms with Gasteiger partial charge in [0.15, 0.2) is 0 Å². The van der Waals surface area contributed by atoms with Crippen LogP contribution in [0.2, 0.25) is 0 Å². The van der Waals surface area contributed by atoms with Crippen LogP contribution in [-0.4, -0.2) is 24.4 Å². The Morgan fingerprint density at radius 2 is 1.05 bits per heavy atom. The standard InChI is InChI=1S/C16H18O4/c1-9-5-11(17)15(13(7-9)19-3)16-12(18)6-10(2)8-14(16)20-4/h5-8,17-18H,1-4H3. The molecule has 0 aliphatic heterocycles. The fraction of sp³-hybridized carbons (Fsp3) is 0.250. The zero-order valence-corrected chi connectivity index (χ0v) is 12.0. The lowest BCUT2D eigenvalue weighted by atomic mass is 9.98. The Hall–Kier alpha value is -2.36. The highest BCUT2D eigenvalue weighted by atomic mass is 16.5. The van der Waals surface area contributed by atoms with Crippen LogP contribution in [0.15, 0.2) is 24.3 Å². The van der Waals surface area contributed by atoms with Crippen LogP contribution in [0.4, 0.5) is 0 Å². The SMILES string of the molecule is COc1cc(C)cc(O)c1-c1c(O)cc(C)cc1OC. The van der Waals surface area contributed by atoms with E-state index in [1.807, 2.05) is 13.8 Å². The second-order valence-corrected chi connectivity index (χ2v) is 4.72. The van der Waals surface area contributed by atoms with Crippen molar-refractivity contribution in [2.75, 3.05) is 14.2 Å². The minimum absolute atomic E-state index is 0.0410. The van der Waals surface area contributed by atoms with Crippen LogP contribution in [-0.2, 0) is 0 Å². The highest BCUT2D eigenvalue weighted by Crippen LogP contribution is 2.47. The van der Waals surface area contributed by atoms with E-state index in [0.29, 0.717) is 22.6 Å². The van der Waals surface area contributed by atoms with Crippen molar-refractivity contribution in [1.82, 2.24) is 0 Å². The third kappa shape index (κ3) is 2.37. The summed E-state index contributed by atoms with van der Waals surface area (Å²) in [6.45, 7) is 3.72. The van der Waals surface area contributed by atoms with E-state index in [9.17, 15) is 10.2 Å². The molecule has 0 aromatic heterocycles. The molecule has 0 spiro atoms. The van der Waals surface area contributed by atoms with Crippen molar-refractivity contribution in [2.45, 2.75) is 13.8 Å². The van der Waals surface area contributed by atoms with E-state index in [4.69, 9.17) is 9.47 Å². The van der Waals surface area contributed by atoms with Crippen LogP contribution in [0.5, 0.6) is 23.0 Å². The Balaban J connectivity index is 2.81. The zero-order valence-electron chi connectivity index (χ0n) is 12.0. The van der Waals surface area contributed by atoms with Gasteiger partial charge in [-0.3, -0.25) is 0 Å². The van der Waals surface area contributed by atoms with Gasteiger partial charge in [-0.15, -0.1) is 0 Å². The largest absolute Gasteiger partial charge is 0.507 e. The molecule has 106 valence electrons. The molecule has 2 N–H and O–H groups in total. The van der Waals surface area contributed by atoms with Crippen LogP contribution in [0.3, 0.4) is 0 Å². The van der Waals surface area contributed by atoms with Gasteiger partial charge in [0.05, 0.1) is 25.3 Å². The summed E-state index contributed by atoms with van der Waals surface area (Å²) in [5, 5.41) is 20.4. The number of ether oxygens (including phenoxy) is 2. The molecule has 4 heteroatoms. The molecule has 2 rings (SSSR count). The van der Waals surface area contributed by atoms with E-state index in [1.165, 1.54) is 14.2 Å². The molecule has 0 bridgehead atoms. The maximum absolute atomic E-state index is 10.2. The number of aryl methyl sites for hydroxylation is 2. The fourth-order valence-corrected chi connectivity index (χ4v) is 2.29. The predicted molar refractivity (Wildman–Crippen MR) is 77.8 cm³/mol. The normalized spacial score (nSPS) is 10.4. The summed E-state index contributed by atoms with van der Waals surface area (Å²) in [4.78, 5) is 0. The summed E-state index contributed by atoms with van der Waals surface area (Å²) in [5.74, 6) is 1.05. The summed E-state index contributed by atoms with van der Waals surface area (Å²) < 4.78 is 10.6. The van der Waals surface area contributed by atoms with E-state index in [-0.39, 0.29) is 11.5 Å². The molecule has 0 aliphatic rings. The number of hydrogen-bond acceptors (Lipinski definition) is 4. The minimum atomic E-state index is 0.0410. The van der Waals surface area contributed by atoms with Crippen molar-refractivity contribution < 1.29 is 19.7 Å². The third-order valence-electron chi connectivity index (χ3n) is 3.14. The number of phenols is 2. The topological polar surface area (TPSA) is 58.9 Å². The average Bonchev–Trinajstić information content (AvgIpc) is 2.38. The second kappa shape index (κ2) is 5.33. The summed E-state index contributed by atoms with van der Waals surface area (Å²) in [6, 6.07) is 6.84. The van der Waals surface area contributed by atoms with Gasteiger partial charge in [-0.25, -0.2) is 0 Å². The predicted octanol–water partition coefficient (Wildman–Crippen LogP) is 3.40. The van der Waals surface area contributed by atoms with E-state index in [2.05, 4.69) is 0 Å². The maximum Gasteiger partial charge on any atom is 0.130 e.